The summed E-state index contributed by atoms with van der Waals surface area (Å²) in [5, 5.41) is 8.97. The Morgan fingerprint density at radius 1 is 0.600 bits per heavy atom. The molecule has 30 heavy (non-hydrogen) atoms. The number of aryl methyl sites for hydroxylation is 1. The summed E-state index contributed by atoms with van der Waals surface area (Å²) < 4.78 is 0. The van der Waals surface area contributed by atoms with E-state index in [-0.39, 0.29) is 6.61 Å². The molecule has 0 aromatic heterocycles. The van der Waals surface area contributed by atoms with Gasteiger partial charge in [0.2, 0.25) is 0 Å². The van der Waals surface area contributed by atoms with Crippen LogP contribution in [0.3, 0.4) is 0 Å². The third kappa shape index (κ3) is 9.47. The van der Waals surface area contributed by atoms with E-state index < -0.39 is 0 Å². The Hall–Kier alpha value is -1.60. The molecule has 2 rings (SSSR count). The van der Waals surface area contributed by atoms with E-state index in [1.165, 1.54) is 62.5 Å². The molecule has 0 atom stereocenters. The maximum absolute atomic E-state index is 8.97. The molecule has 0 aliphatic rings. The van der Waals surface area contributed by atoms with Gasteiger partial charge in [0.05, 0.1) is 6.61 Å². The van der Waals surface area contributed by atoms with E-state index in [1.807, 2.05) is 12.1 Å². The van der Waals surface area contributed by atoms with Crippen LogP contribution in [0.5, 0.6) is 0 Å². The van der Waals surface area contributed by atoms with Gasteiger partial charge in [-0.2, -0.15) is 0 Å². The van der Waals surface area contributed by atoms with E-state index in [0.29, 0.717) is 5.92 Å². The quantitative estimate of drug-likeness (QED) is 0.370. The Morgan fingerprint density at radius 2 is 1.10 bits per heavy atom. The average molecular weight is 411 g/mol. The highest BCUT2D eigenvalue weighted by atomic mass is 16.3. The second-order valence-electron chi connectivity index (χ2n) is 8.55. The van der Waals surface area contributed by atoms with Crippen LogP contribution in [-0.4, -0.2) is 5.11 Å². The minimum absolute atomic E-state index is 0.145. The fraction of sp³-hybridized carbons (Fsp3) is 0.586. The normalized spacial score (nSPS) is 10.9. The van der Waals surface area contributed by atoms with Gasteiger partial charge in [0, 0.05) is 0 Å². The standard InChI is InChI=1S/C15H24.C14H22O/c1-4-8-14(9-5-2)15-11-7-10-13(6-3)12-15;1-3-5-13(6-4-2)14-9-7-12(11-15)8-10-14/h7,10-12,14H,4-6,8-9H2,1-3H3;7-10,13,15H,3-6,11H2,1-2H3. The highest BCUT2D eigenvalue weighted by Gasteiger charge is 2.10. The smallest absolute Gasteiger partial charge is 0.0681 e. The van der Waals surface area contributed by atoms with Gasteiger partial charge < -0.3 is 5.11 Å². The molecule has 0 spiro atoms. The van der Waals surface area contributed by atoms with Crippen molar-refractivity contribution in [1.82, 2.24) is 0 Å². The van der Waals surface area contributed by atoms with E-state index in [2.05, 4.69) is 71.0 Å². The van der Waals surface area contributed by atoms with E-state index in [0.717, 1.165) is 17.9 Å². The zero-order valence-corrected chi connectivity index (χ0v) is 20.3. The monoisotopic (exact) mass is 410 g/mol. The second kappa shape index (κ2) is 16.1. The summed E-state index contributed by atoms with van der Waals surface area (Å²) in [4.78, 5) is 0. The van der Waals surface area contributed by atoms with Crippen molar-refractivity contribution >= 4 is 0 Å². The third-order valence-corrected chi connectivity index (χ3v) is 6.01. The first-order valence-corrected chi connectivity index (χ1v) is 12.4. The Bertz CT molecular complexity index is 646. The van der Waals surface area contributed by atoms with Crippen LogP contribution in [0.2, 0.25) is 0 Å². The molecule has 1 heteroatoms. The van der Waals surface area contributed by atoms with E-state index >= 15 is 0 Å². The zero-order chi connectivity index (χ0) is 22.2. The first-order valence-electron chi connectivity index (χ1n) is 12.4. The van der Waals surface area contributed by atoms with Crippen molar-refractivity contribution in [2.75, 3.05) is 0 Å². The molecule has 0 saturated carbocycles. The lowest BCUT2D eigenvalue weighted by molar-refractivity contribution is 0.282. The van der Waals surface area contributed by atoms with E-state index in [9.17, 15) is 0 Å². The molecule has 1 N–H and O–H groups in total. The number of hydrogen-bond donors (Lipinski definition) is 1. The van der Waals surface area contributed by atoms with Crippen molar-refractivity contribution in [1.29, 1.82) is 0 Å². The summed E-state index contributed by atoms with van der Waals surface area (Å²) in [5.74, 6) is 1.49. The lowest BCUT2D eigenvalue weighted by Gasteiger charge is -2.16. The van der Waals surface area contributed by atoms with E-state index in [4.69, 9.17) is 5.11 Å². The minimum Gasteiger partial charge on any atom is -0.392 e. The molecule has 1 nitrogen and oxygen atoms in total. The second-order valence-corrected chi connectivity index (χ2v) is 8.55. The highest BCUT2D eigenvalue weighted by molar-refractivity contribution is 5.26. The molecule has 168 valence electrons. The summed E-state index contributed by atoms with van der Waals surface area (Å²) in [5.41, 5.74) is 5.46. The Balaban J connectivity index is 0.000000300. The van der Waals surface area contributed by atoms with Gasteiger partial charge in [-0.05, 0) is 66.2 Å². The lowest BCUT2D eigenvalue weighted by Crippen LogP contribution is -1.99. The molecule has 0 saturated heterocycles. The molecule has 0 bridgehead atoms. The first-order chi connectivity index (χ1) is 14.6. The molecule has 0 aliphatic carbocycles. The van der Waals surface area contributed by atoms with Gasteiger partial charge in [-0.1, -0.05) is 109 Å². The number of rotatable bonds is 12. The summed E-state index contributed by atoms with van der Waals surface area (Å²) in [6.45, 7) is 11.4. The third-order valence-electron chi connectivity index (χ3n) is 6.01. The van der Waals surface area contributed by atoms with Crippen molar-refractivity contribution in [3.8, 4) is 0 Å². The fourth-order valence-corrected chi connectivity index (χ4v) is 4.31. The summed E-state index contributed by atoms with van der Waals surface area (Å²) in [6, 6.07) is 17.6. The SMILES string of the molecule is CCCC(CCC)c1ccc(CO)cc1.CCCC(CCC)c1cccc(CC)c1. The predicted octanol–water partition coefficient (Wildman–Crippen LogP) is 8.80. The van der Waals surface area contributed by atoms with Crippen molar-refractivity contribution in [2.45, 2.75) is 111 Å². The zero-order valence-electron chi connectivity index (χ0n) is 20.3. The minimum atomic E-state index is 0.145. The number of aliphatic hydroxyl groups excluding tert-OH is 1. The molecule has 2 aromatic rings. The molecule has 2 aromatic carbocycles. The molecular formula is C29H46O. The maximum Gasteiger partial charge on any atom is 0.0681 e. The molecule has 0 aliphatic heterocycles. The number of aliphatic hydroxyl groups is 1. The van der Waals surface area contributed by atoms with Crippen LogP contribution in [0, 0.1) is 0 Å². The Morgan fingerprint density at radius 3 is 1.53 bits per heavy atom. The molecular weight excluding hydrogens is 364 g/mol. The van der Waals surface area contributed by atoms with Crippen molar-refractivity contribution in [3.05, 3.63) is 70.8 Å². The van der Waals surface area contributed by atoms with Crippen LogP contribution in [0.25, 0.3) is 0 Å². The summed E-state index contributed by atoms with van der Waals surface area (Å²) >= 11 is 0. The van der Waals surface area contributed by atoms with Crippen LogP contribution in [0.1, 0.15) is 120 Å². The van der Waals surface area contributed by atoms with Gasteiger partial charge in [-0.25, -0.2) is 0 Å². The molecule has 0 amide bonds. The Kier molecular flexibility index (Phi) is 14.2. The van der Waals surface area contributed by atoms with Gasteiger partial charge >= 0.3 is 0 Å². The number of hydrogen-bond acceptors (Lipinski definition) is 1. The van der Waals surface area contributed by atoms with Crippen LogP contribution < -0.4 is 0 Å². The van der Waals surface area contributed by atoms with Crippen LogP contribution in [-0.2, 0) is 13.0 Å². The summed E-state index contributed by atoms with van der Waals surface area (Å²) in [6.07, 6.45) is 11.4. The number of benzene rings is 2. The molecule has 0 radical (unpaired) electrons. The lowest BCUT2D eigenvalue weighted by atomic mass is 9.89. The van der Waals surface area contributed by atoms with Crippen molar-refractivity contribution < 1.29 is 5.11 Å². The largest absolute Gasteiger partial charge is 0.392 e. The molecule has 0 fully saturated rings. The average Bonchev–Trinajstić information content (AvgIpc) is 2.79. The van der Waals surface area contributed by atoms with Gasteiger partial charge in [-0.15, -0.1) is 0 Å². The summed E-state index contributed by atoms with van der Waals surface area (Å²) in [7, 11) is 0. The van der Waals surface area contributed by atoms with Crippen LogP contribution >= 0.6 is 0 Å². The Labute approximate surface area is 186 Å². The van der Waals surface area contributed by atoms with Crippen LogP contribution in [0.15, 0.2) is 48.5 Å². The van der Waals surface area contributed by atoms with Crippen molar-refractivity contribution in [2.24, 2.45) is 0 Å². The van der Waals surface area contributed by atoms with Crippen molar-refractivity contribution in [3.63, 3.8) is 0 Å². The predicted molar refractivity (Wildman–Crippen MR) is 133 cm³/mol. The first kappa shape index (κ1) is 26.4. The van der Waals surface area contributed by atoms with Gasteiger partial charge in [-0.3, -0.25) is 0 Å². The maximum atomic E-state index is 8.97. The van der Waals surface area contributed by atoms with Crippen LogP contribution in [0.4, 0.5) is 0 Å². The topological polar surface area (TPSA) is 20.2 Å². The van der Waals surface area contributed by atoms with Gasteiger partial charge in [0.1, 0.15) is 0 Å². The van der Waals surface area contributed by atoms with Gasteiger partial charge in [0.15, 0.2) is 0 Å². The fourth-order valence-electron chi connectivity index (χ4n) is 4.31. The van der Waals surface area contributed by atoms with E-state index in [1.54, 1.807) is 5.56 Å². The molecule has 0 heterocycles. The van der Waals surface area contributed by atoms with Gasteiger partial charge in [0.25, 0.3) is 0 Å². The molecule has 0 unspecified atom stereocenters. The highest BCUT2D eigenvalue weighted by Crippen LogP contribution is 2.27.